The molecule has 148 valence electrons. The lowest BCUT2D eigenvalue weighted by Gasteiger charge is -2.39. The highest BCUT2D eigenvalue weighted by Crippen LogP contribution is 2.44. The van der Waals surface area contributed by atoms with E-state index in [4.69, 9.17) is 5.73 Å². The Kier molecular flexibility index (Phi) is 6.03. The van der Waals surface area contributed by atoms with Gasteiger partial charge in [0.2, 0.25) is 5.91 Å². The van der Waals surface area contributed by atoms with Crippen LogP contribution < -0.4 is 16.0 Å². The molecule has 8 heteroatoms. The van der Waals surface area contributed by atoms with Crippen LogP contribution in [0.3, 0.4) is 0 Å². The van der Waals surface area contributed by atoms with Crippen LogP contribution in [0.5, 0.6) is 0 Å². The summed E-state index contributed by atoms with van der Waals surface area (Å²) >= 11 is 3.67. The normalized spacial score (nSPS) is 22.8. The molecule has 4 rings (SSSR count). The van der Waals surface area contributed by atoms with Crippen LogP contribution in [0.1, 0.15) is 33.1 Å². The number of nitrogens with two attached hydrogens (primary N) is 1. The van der Waals surface area contributed by atoms with Crippen molar-refractivity contribution in [1.29, 1.82) is 0 Å². The third kappa shape index (κ3) is 3.96. The minimum atomic E-state index is -0.0776. The van der Waals surface area contributed by atoms with Crippen LogP contribution in [0.4, 0.5) is 11.4 Å². The quantitative estimate of drug-likeness (QED) is 0.651. The van der Waals surface area contributed by atoms with E-state index in [0.717, 1.165) is 52.3 Å². The van der Waals surface area contributed by atoms with Gasteiger partial charge >= 0.3 is 0 Å². The van der Waals surface area contributed by atoms with Crippen molar-refractivity contribution in [3.05, 3.63) is 16.9 Å². The highest BCUT2D eigenvalue weighted by Gasteiger charge is 2.38. The summed E-state index contributed by atoms with van der Waals surface area (Å²) in [5, 5.41) is 3.98. The number of carbonyl (C=O) groups is 1. The number of nitrogens with one attached hydrogen (secondary N) is 2. The molecule has 27 heavy (non-hydrogen) atoms. The third-order valence-electron chi connectivity index (χ3n) is 5.67. The summed E-state index contributed by atoms with van der Waals surface area (Å²) < 4.78 is 0.932. The summed E-state index contributed by atoms with van der Waals surface area (Å²) in [6.45, 7) is 5.60. The molecule has 1 amide bonds. The maximum atomic E-state index is 12.2. The van der Waals surface area contributed by atoms with E-state index in [1.807, 2.05) is 26.2 Å². The van der Waals surface area contributed by atoms with Crippen LogP contribution >= 0.6 is 28.3 Å². The van der Waals surface area contributed by atoms with Crippen LogP contribution in [0.25, 0.3) is 11.0 Å². The van der Waals surface area contributed by atoms with Gasteiger partial charge in [-0.05, 0) is 47.0 Å². The van der Waals surface area contributed by atoms with Crippen molar-refractivity contribution in [3.63, 3.8) is 0 Å². The first-order valence-electron chi connectivity index (χ1n) is 9.42. The molecule has 2 aromatic rings. The van der Waals surface area contributed by atoms with E-state index >= 15 is 0 Å². The van der Waals surface area contributed by atoms with Crippen LogP contribution in [0.2, 0.25) is 0 Å². The molecular weight excluding hydrogens is 430 g/mol. The Labute approximate surface area is 174 Å². The highest BCUT2D eigenvalue weighted by atomic mass is 79.9. The molecule has 0 radical (unpaired) electrons. The van der Waals surface area contributed by atoms with Gasteiger partial charge in [0.25, 0.3) is 0 Å². The van der Waals surface area contributed by atoms with E-state index in [0.29, 0.717) is 5.92 Å². The van der Waals surface area contributed by atoms with Gasteiger partial charge in [0.1, 0.15) is 5.65 Å². The van der Waals surface area contributed by atoms with E-state index in [1.165, 1.54) is 12.8 Å². The predicted molar refractivity (Wildman–Crippen MR) is 116 cm³/mol. The molecule has 1 saturated heterocycles. The summed E-state index contributed by atoms with van der Waals surface area (Å²) in [6.07, 6.45) is 7.45. The zero-order valence-corrected chi connectivity index (χ0v) is 18.1. The van der Waals surface area contributed by atoms with Gasteiger partial charge in [-0.1, -0.05) is 13.8 Å². The maximum Gasteiger partial charge on any atom is 0.226 e. The first kappa shape index (κ1) is 20.4. The molecule has 0 aromatic carbocycles. The van der Waals surface area contributed by atoms with Gasteiger partial charge in [0.15, 0.2) is 0 Å². The number of carbonyl (C=O) groups excluding carboxylic acids is 1. The topological polar surface area (TPSA) is 87.0 Å². The molecule has 0 spiro atoms. The number of pyridine rings is 1. The van der Waals surface area contributed by atoms with E-state index in [1.54, 1.807) is 0 Å². The Morgan fingerprint density at radius 1 is 1.41 bits per heavy atom. The predicted octanol–water partition coefficient (Wildman–Crippen LogP) is 3.91. The molecule has 2 atom stereocenters. The average Bonchev–Trinajstić information content (AvgIpc) is 3.36. The summed E-state index contributed by atoms with van der Waals surface area (Å²) in [5.41, 5.74) is 9.15. The second-order valence-corrected chi connectivity index (χ2v) is 8.78. The molecule has 0 unspecified atom stereocenters. The number of anilines is 2. The van der Waals surface area contributed by atoms with Crippen molar-refractivity contribution in [3.8, 4) is 0 Å². The van der Waals surface area contributed by atoms with Gasteiger partial charge in [-0.2, -0.15) is 0 Å². The van der Waals surface area contributed by atoms with Gasteiger partial charge in [0.05, 0.1) is 21.2 Å². The number of piperidine rings is 1. The van der Waals surface area contributed by atoms with Crippen molar-refractivity contribution in [2.75, 3.05) is 23.3 Å². The number of H-pyrrole nitrogens is 1. The number of fused-ring (bicyclic) bond motifs is 1. The van der Waals surface area contributed by atoms with E-state index in [-0.39, 0.29) is 30.3 Å². The molecule has 1 saturated carbocycles. The molecule has 3 heterocycles. The highest BCUT2D eigenvalue weighted by molar-refractivity contribution is 9.10. The number of amides is 1. The second kappa shape index (κ2) is 7.97. The number of aromatic amines is 1. The van der Waals surface area contributed by atoms with Gasteiger partial charge < -0.3 is 20.9 Å². The summed E-state index contributed by atoms with van der Waals surface area (Å²) in [7, 11) is 0. The van der Waals surface area contributed by atoms with Gasteiger partial charge in [0, 0.05) is 37.4 Å². The van der Waals surface area contributed by atoms with Crippen LogP contribution in [0.15, 0.2) is 16.9 Å². The van der Waals surface area contributed by atoms with Crippen LogP contribution in [-0.2, 0) is 4.79 Å². The first-order valence-corrected chi connectivity index (χ1v) is 10.2. The lowest BCUT2D eigenvalue weighted by atomic mass is 9.87. The summed E-state index contributed by atoms with van der Waals surface area (Å²) in [5.74, 6) is 1.40. The number of aromatic nitrogens is 2. The van der Waals surface area contributed by atoms with Crippen LogP contribution in [0, 0.1) is 17.8 Å². The molecule has 0 bridgehead atoms. The van der Waals surface area contributed by atoms with E-state index in [2.05, 4.69) is 36.1 Å². The van der Waals surface area contributed by atoms with Crippen molar-refractivity contribution in [2.45, 2.75) is 39.2 Å². The number of hydrogen-bond donors (Lipinski definition) is 3. The molecular formula is C19H27BrClN5O. The Hall–Kier alpha value is -1.31. The smallest absolute Gasteiger partial charge is 0.226 e. The lowest BCUT2D eigenvalue weighted by Crippen LogP contribution is -2.49. The second-order valence-electron chi connectivity index (χ2n) is 7.92. The third-order valence-corrected chi connectivity index (χ3v) is 6.25. The Morgan fingerprint density at radius 2 is 2.15 bits per heavy atom. The van der Waals surface area contributed by atoms with Gasteiger partial charge in [-0.15, -0.1) is 12.4 Å². The first-order chi connectivity index (χ1) is 12.5. The number of rotatable bonds is 4. The van der Waals surface area contributed by atoms with Crippen LogP contribution in [-0.4, -0.2) is 35.0 Å². The fraction of sp³-hybridized carbons (Fsp3) is 0.579. The van der Waals surface area contributed by atoms with E-state index in [9.17, 15) is 4.79 Å². The molecule has 2 aliphatic rings. The monoisotopic (exact) mass is 455 g/mol. The minimum absolute atomic E-state index is 0. The minimum Gasteiger partial charge on any atom is -0.368 e. The average molecular weight is 457 g/mol. The number of halogens is 2. The summed E-state index contributed by atoms with van der Waals surface area (Å²) in [6, 6.07) is 0.194. The maximum absolute atomic E-state index is 12.2. The fourth-order valence-electron chi connectivity index (χ4n) is 4.05. The van der Waals surface area contributed by atoms with Crippen molar-refractivity contribution < 1.29 is 4.79 Å². The lowest BCUT2D eigenvalue weighted by molar-refractivity contribution is -0.118. The molecule has 6 nitrogen and oxygen atoms in total. The molecule has 2 aromatic heterocycles. The zero-order chi connectivity index (χ0) is 18.4. The van der Waals surface area contributed by atoms with Gasteiger partial charge in [-0.25, -0.2) is 4.98 Å². The molecule has 1 aliphatic carbocycles. The molecule has 4 N–H and O–H groups in total. The Bertz CT molecular complexity index is 835. The fourth-order valence-corrected chi connectivity index (χ4v) is 4.60. The van der Waals surface area contributed by atoms with Crippen molar-refractivity contribution in [2.24, 2.45) is 23.5 Å². The molecule has 2 fully saturated rings. The number of hydrogen-bond acceptors (Lipinski definition) is 4. The largest absolute Gasteiger partial charge is 0.368 e. The Balaban J connectivity index is 0.00000210. The Morgan fingerprint density at radius 3 is 2.78 bits per heavy atom. The summed E-state index contributed by atoms with van der Waals surface area (Å²) in [4.78, 5) is 22.2. The number of nitrogens with zero attached hydrogens (tertiary/aromatic N) is 2. The van der Waals surface area contributed by atoms with Crippen molar-refractivity contribution in [1.82, 2.24) is 9.97 Å². The van der Waals surface area contributed by atoms with Crippen molar-refractivity contribution >= 4 is 56.7 Å². The SMILES string of the molecule is CC(C)C(=O)Nc1c[nH]c2ncc(Br)c(N3CC[C@@H](C4CC4)[C@H](N)C3)c12.Cl. The molecule has 1 aliphatic heterocycles. The zero-order valence-electron chi connectivity index (χ0n) is 15.7. The standard InChI is InChI=1S/C19H26BrN5O.ClH/c1-10(2)19(26)24-15-8-23-18-16(15)17(13(20)7-22-18)25-6-5-12(11-3-4-11)14(21)9-25;/h7-8,10-12,14H,3-6,9,21H2,1-2H3,(H,22,23)(H,24,26);1H/t12-,14+;/m0./s1. The van der Waals surface area contributed by atoms with E-state index < -0.39 is 0 Å². The van der Waals surface area contributed by atoms with Gasteiger partial charge in [-0.3, -0.25) is 4.79 Å².